The number of hydrogen-bond acceptors (Lipinski definition) is 2. The first-order chi connectivity index (χ1) is 5.97. The molecule has 12 heavy (non-hydrogen) atoms. The molecule has 2 heteroatoms. The van der Waals surface area contributed by atoms with Gasteiger partial charge in [0, 0.05) is 18.4 Å². The molecule has 0 saturated heterocycles. The first-order valence-corrected chi connectivity index (χ1v) is 4.85. The Morgan fingerprint density at radius 3 is 2.58 bits per heavy atom. The maximum atomic E-state index is 3.25. The summed E-state index contributed by atoms with van der Waals surface area (Å²) in [6, 6.07) is 0.722. The van der Waals surface area contributed by atoms with Crippen molar-refractivity contribution in [3.05, 3.63) is 24.6 Å². The average Bonchev–Trinajstić information content (AvgIpc) is 2.21. The van der Waals surface area contributed by atoms with E-state index in [1.54, 1.807) is 0 Å². The monoisotopic (exact) mass is 164 g/mol. The van der Waals surface area contributed by atoms with E-state index in [1.165, 1.54) is 32.1 Å². The summed E-state index contributed by atoms with van der Waals surface area (Å²) in [7, 11) is 0. The molecule has 0 radical (unpaired) electrons. The number of allylic oxidation sites excluding steroid dienone is 2. The van der Waals surface area contributed by atoms with Crippen LogP contribution in [-0.2, 0) is 0 Å². The van der Waals surface area contributed by atoms with E-state index in [0.717, 1.165) is 6.04 Å². The Hall–Kier alpha value is -0.920. The van der Waals surface area contributed by atoms with Gasteiger partial charge in [-0.2, -0.15) is 0 Å². The highest BCUT2D eigenvalue weighted by Crippen LogP contribution is 2.22. The van der Waals surface area contributed by atoms with Crippen LogP contribution in [0.2, 0.25) is 0 Å². The fourth-order valence-corrected chi connectivity index (χ4v) is 1.96. The van der Waals surface area contributed by atoms with E-state index < -0.39 is 0 Å². The van der Waals surface area contributed by atoms with Gasteiger partial charge in [0.05, 0.1) is 0 Å². The number of hydrazine groups is 1. The van der Waals surface area contributed by atoms with Crippen LogP contribution < -0.4 is 5.43 Å². The third-order valence-electron chi connectivity index (χ3n) is 2.65. The largest absolute Gasteiger partial charge is 0.306 e. The number of nitrogens with one attached hydrogen (secondary N) is 1. The highest BCUT2D eigenvalue weighted by Gasteiger charge is 2.18. The predicted octanol–water partition coefficient (Wildman–Crippen LogP) is 2.17. The lowest BCUT2D eigenvalue weighted by Gasteiger charge is -2.34. The van der Waals surface area contributed by atoms with Crippen LogP contribution in [0.4, 0.5) is 0 Å². The van der Waals surface area contributed by atoms with Gasteiger partial charge in [0.2, 0.25) is 0 Å². The third kappa shape index (κ3) is 1.63. The van der Waals surface area contributed by atoms with E-state index in [1.807, 2.05) is 12.3 Å². The fourth-order valence-electron chi connectivity index (χ4n) is 1.96. The van der Waals surface area contributed by atoms with Crippen molar-refractivity contribution in [3.63, 3.8) is 0 Å². The quantitative estimate of drug-likeness (QED) is 0.639. The summed E-state index contributed by atoms with van der Waals surface area (Å²) in [6.45, 7) is 0. The van der Waals surface area contributed by atoms with E-state index in [9.17, 15) is 0 Å². The average molecular weight is 164 g/mol. The summed E-state index contributed by atoms with van der Waals surface area (Å²) in [5.41, 5.74) is 3.25. The van der Waals surface area contributed by atoms with Crippen LogP contribution in [-0.4, -0.2) is 11.1 Å². The van der Waals surface area contributed by atoms with E-state index in [4.69, 9.17) is 0 Å². The van der Waals surface area contributed by atoms with Crippen molar-refractivity contribution >= 4 is 0 Å². The van der Waals surface area contributed by atoms with Crippen molar-refractivity contribution < 1.29 is 0 Å². The molecular formula is C10H16N2. The third-order valence-corrected chi connectivity index (χ3v) is 2.65. The van der Waals surface area contributed by atoms with Crippen molar-refractivity contribution in [2.75, 3.05) is 0 Å². The van der Waals surface area contributed by atoms with Gasteiger partial charge in [0.15, 0.2) is 0 Å². The van der Waals surface area contributed by atoms with Crippen molar-refractivity contribution in [2.24, 2.45) is 0 Å². The first-order valence-electron chi connectivity index (χ1n) is 4.85. The van der Waals surface area contributed by atoms with E-state index in [0.29, 0.717) is 0 Å². The smallest absolute Gasteiger partial charge is 0.0497 e. The zero-order valence-electron chi connectivity index (χ0n) is 7.37. The Labute approximate surface area is 73.9 Å². The van der Waals surface area contributed by atoms with Gasteiger partial charge in [0.25, 0.3) is 0 Å². The lowest BCUT2D eigenvalue weighted by atomic mass is 9.95. The molecule has 0 aromatic heterocycles. The SMILES string of the molecule is C1=CNN(C2CCCCC2)C=C1. The van der Waals surface area contributed by atoms with E-state index >= 15 is 0 Å². The minimum Gasteiger partial charge on any atom is -0.306 e. The van der Waals surface area contributed by atoms with Gasteiger partial charge in [-0.15, -0.1) is 0 Å². The summed E-state index contributed by atoms with van der Waals surface area (Å²) in [5.74, 6) is 0. The van der Waals surface area contributed by atoms with Gasteiger partial charge in [-0.1, -0.05) is 19.3 Å². The van der Waals surface area contributed by atoms with Crippen LogP contribution in [0.1, 0.15) is 32.1 Å². The second-order valence-corrected chi connectivity index (χ2v) is 3.53. The molecule has 0 amide bonds. The molecule has 0 unspecified atom stereocenters. The van der Waals surface area contributed by atoms with Gasteiger partial charge >= 0.3 is 0 Å². The maximum absolute atomic E-state index is 3.25. The van der Waals surface area contributed by atoms with Crippen LogP contribution in [0.3, 0.4) is 0 Å². The normalized spacial score (nSPS) is 24.2. The molecule has 0 aromatic rings. The van der Waals surface area contributed by atoms with E-state index in [2.05, 4.69) is 22.7 Å². The van der Waals surface area contributed by atoms with Gasteiger partial charge in [-0.3, -0.25) is 5.01 Å². The zero-order valence-corrected chi connectivity index (χ0v) is 7.37. The Balaban J connectivity index is 1.90. The second-order valence-electron chi connectivity index (χ2n) is 3.53. The fraction of sp³-hybridized carbons (Fsp3) is 0.600. The van der Waals surface area contributed by atoms with Crippen molar-refractivity contribution in [2.45, 2.75) is 38.1 Å². The minimum absolute atomic E-state index is 0.722. The summed E-state index contributed by atoms with van der Waals surface area (Å²) in [6.07, 6.45) is 15.1. The first kappa shape index (κ1) is 7.71. The number of rotatable bonds is 1. The summed E-state index contributed by atoms with van der Waals surface area (Å²) in [5, 5.41) is 2.24. The molecule has 0 aromatic carbocycles. The van der Waals surface area contributed by atoms with Gasteiger partial charge < -0.3 is 5.43 Å². The van der Waals surface area contributed by atoms with Gasteiger partial charge in [-0.25, -0.2) is 0 Å². The molecule has 1 aliphatic carbocycles. The van der Waals surface area contributed by atoms with Crippen LogP contribution in [0.25, 0.3) is 0 Å². The summed E-state index contributed by atoms with van der Waals surface area (Å²) < 4.78 is 0. The molecule has 1 N–H and O–H groups in total. The van der Waals surface area contributed by atoms with Crippen molar-refractivity contribution in [3.8, 4) is 0 Å². The second kappa shape index (κ2) is 3.65. The Morgan fingerprint density at radius 1 is 1.08 bits per heavy atom. The standard InChI is InChI=1S/C10H16N2/c1-2-6-10(7-3-1)12-9-5-4-8-11-12/h4-5,8-11H,1-3,6-7H2. The number of nitrogens with zero attached hydrogens (tertiary/aromatic N) is 1. The van der Waals surface area contributed by atoms with Crippen molar-refractivity contribution in [1.29, 1.82) is 0 Å². The molecule has 1 saturated carbocycles. The summed E-state index contributed by atoms with van der Waals surface area (Å²) in [4.78, 5) is 0. The Morgan fingerprint density at radius 2 is 1.92 bits per heavy atom. The molecular weight excluding hydrogens is 148 g/mol. The van der Waals surface area contributed by atoms with Gasteiger partial charge in [-0.05, 0) is 25.0 Å². The molecule has 66 valence electrons. The highest BCUT2D eigenvalue weighted by atomic mass is 15.5. The molecule has 1 heterocycles. The molecule has 2 aliphatic rings. The van der Waals surface area contributed by atoms with Crippen molar-refractivity contribution in [1.82, 2.24) is 10.4 Å². The van der Waals surface area contributed by atoms with Gasteiger partial charge in [0.1, 0.15) is 0 Å². The molecule has 2 nitrogen and oxygen atoms in total. The summed E-state index contributed by atoms with van der Waals surface area (Å²) >= 11 is 0. The van der Waals surface area contributed by atoms with Crippen LogP contribution >= 0.6 is 0 Å². The Kier molecular flexibility index (Phi) is 2.35. The lowest BCUT2D eigenvalue weighted by Crippen LogP contribution is -2.40. The van der Waals surface area contributed by atoms with E-state index in [-0.39, 0.29) is 0 Å². The highest BCUT2D eigenvalue weighted by molar-refractivity contribution is 5.06. The maximum Gasteiger partial charge on any atom is 0.0497 e. The predicted molar refractivity (Wildman–Crippen MR) is 50.1 cm³/mol. The molecule has 1 aliphatic heterocycles. The Bertz CT molecular complexity index is 190. The van der Waals surface area contributed by atoms with Crippen LogP contribution in [0.15, 0.2) is 24.6 Å². The zero-order chi connectivity index (χ0) is 8.23. The molecule has 0 spiro atoms. The van der Waals surface area contributed by atoms with Crippen LogP contribution in [0.5, 0.6) is 0 Å². The molecule has 2 rings (SSSR count). The lowest BCUT2D eigenvalue weighted by molar-refractivity contribution is 0.177. The topological polar surface area (TPSA) is 15.3 Å². The molecule has 1 fully saturated rings. The number of hydrogen-bond donors (Lipinski definition) is 1. The molecule has 0 bridgehead atoms. The van der Waals surface area contributed by atoms with Crippen LogP contribution in [0, 0.1) is 0 Å². The minimum atomic E-state index is 0.722. The molecule has 0 atom stereocenters.